The number of rotatable bonds is 9. The molecule has 0 saturated heterocycles. The van der Waals surface area contributed by atoms with Gasteiger partial charge < -0.3 is 20.1 Å². The first-order chi connectivity index (χ1) is 14.8. The van der Waals surface area contributed by atoms with Gasteiger partial charge in [-0.3, -0.25) is 19.7 Å². The molecule has 0 aliphatic heterocycles. The van der Waals surface area contributed by atoms with E-state index in [0.29, 0.717) is 17.3 Å². The molecule has 9 nitrogen and oxygen atoms in total. The molecule has 1 aliphatic rings. The number of ether oxygens (including phenoxy) is 2. The van der Waals surface area contributed by atoms with Crippen LogP contribution in [0.2, 0.25) is 0 Å². The number of nitro groups is 1. The summed E-state index contributed by atoms with van der Waals surface area (Å²) >= 11 is 0. The van der Waals surface area contributed by atoms with Crippen LogP contribution in [0.15, 0.2) is 36.4 Å². The fraction of sp³-hybridized carbons (Fsp3) is 0.300. The number of hydrogen-bond acceptors (Lipinski definition) is 6. The van der Waals surface area contributed by atoms with Gasteiger partial charge in [-0.1, -0.05) is 12.1 Å². The van der Waals surface area contributed by atoms with Crippen molar-refractivity contribution in [2.24, 2.45) is 5.92 Å². The lowest BCUT2D eigenvalue weighted by atomic mass is 10.1. The van der Waals surface area contributed by atoms with Gasteiger partial charge in [-0.2, -0.15) is 8.78 Å². The molecule has 2 amide bonds. The van der Waals surface area contributed by atoms with E-state index in [1.165, 1.54) is 0 Å². The molecular weight excluding hydrogens is 416 g/mol. The lowest BCUT2D eigenvalue weighted by Gasteiger charge is -2.12. The molecular formula is C20H19F2N3O6. The number of anilines is 1. The van der Waals surface area contributed by atoms with Crippen LogP contribution in [0.4, 0.5) is 20.2 Å². The Labute approximate surface area is 175 Å². The van der Waals surface area contributed by atoms with Gasteiger partial charge in [0.05, 0.1) is 18.1 Å². The molecule has 0 aromatic heterocycles. The van der Waals surface area contributed by atoms with Gasteiger partial charge in [0.1, 0.15) is 5.56 Å². The topological polar surface area (TPSA) is 120 Å². The summed E-state index contributed by atoms with van der Waals surface area (Å²) in [5.74, 6) is -1.63. The minimum atomic E-state index is -3.22. The highest BCUT2D eigenvalue weighted by atomic mass is 19.3. The van der Waals surface area contributed by atoms with Crippen LogP contribution in [-0.2, 0) is 11.3 Å². The lowest BCUT2D eigenvalue weighted by molar-refractivity contribution is -0.385. The maximum absolute atomic E-state index is 12.6. The van der Waals surface area contributed by atoms with Gasteiger partial charge >= 0.3 is 6.61 Å². The quantitative estimate of drug-likeness (QED) is 0.460. The van der Waals surface area contributed by atoms with E-state index in [-0.39, 0.29) is 29.7 Å². The number of methoxy groups -OCH3 is 1. The van der Waals surface area contributed by atoms with E-state index in [0.717, 1.165) is 26.0 Å². The van der Waals surface area contributed by atoms with Gasteiger partial charge in [-0.05, 0) is 30.5 Å². The van der Waals surface area contributed by atoms with Crippen LogP contribution in [0.5, 0.6) is 11.5 Å². The summed E-state index contributed by atoms with van der Waals surface area (Å²) < 4.78 is 34.2. The van der Waals surface area contributed by atoms with E-state index < -0.39 is 28.9 Å². The molecule has 0 heterocycles. The molecule has 0 unspecified atom stereocenters. The normalized spacial score (nSPS) is 12.9. The molecule has 2 aromatic carbocycles. The Balaban J connectivity index is 1.75. The summed E-state index contributed by atoms with van der Waals surface area (Å²) in [6, 6.07) is 8.48. The van der Waals surface area contributed by atoms with E-state index in [4.69, 9.17) is 4.74 Å². The Bertz CT molecular complexity index is 1010. The van der Waals surface area contributed by atoms with Crippen molar-refractivity contribution in [1.29, 1.82) is 0 Å². The Hall–Kier alpha value is -3.76. The summed E-state index contributed by atoms with van der Waals surface area (Å²) in [6.45, 7) is -3.21. The van der Waals surface area contributed by atoms with E-state index in [2.05, 4.69) is 15.4 Å². The SMILES string of the molecule is COc1cc(C(=O)NCc2cccc(NC(=O)C3CC3)c2)c([N+](=O)[O-])cc1OC(F)F. The highest BCUT2D eigenvalue weighted by Gasteiger charge is 2.29. The van der Waals surface area contributed by atoms with Crippen molar-refractivity contribution in [3.8, 4) is 11.5 Å². The summed E-state index contributed by atoms with van der Waals surface area (Å²) in [4.78, 5) is 34.9. The van der Waals surface area contributed by atoms with Crippen molar-refractivity contribution in [2.75, 3.05) is 12.4 Å². The van der Waals surface area contributed by atoms with Crippen molar-refractivity contribution in [3.05, 3.63) is 57.6 Å². The number of carbonyl (C=O) groups excluding carboxylic acids is 2. The molecule has 2 aromatic rings. The minimum absolute atomic E-state index is 0.0146. The van der Waals surface area contributed by atoms with Crippen molar-refractivity contribution >= 4 is 23.2 Å². The van der Waals surface area contributed by atoms with Gasteiger partial charge in [-0.25, -0.2) is 0 Å². The van der Waals surface area contributed by atoms with Gasteiger partial charge in [0.15, 0.2) is 11.5 Å². The molecule has 3 rings (SSSR count). The number of benzene rings is 2. The summed E-state index contributed by atoms with van der Waals surface area (Å²) in [7, 11) is 1.16. The van der Waals surface area contributed by atoms with Crippen LogP contribution in [0.25, 0.3) is 0 Å². The Morgan fingerprint density at radius 1 is 1.23 bits per heavy atom. The monoisotopic (exact) mass is 435 g/mol. The first-order valence-electron chi connectivity index (χ1n) is 9.27. The van der Waals surface area contributed by atoms with Crippen LogP contribution in [-0.4, -0.2) is 30.5 Å². The summed E-state index contributed by atoms with van der Waals surface area (Å²) in [5, 5.41) is 16.7. The maximum atomic E-state index is 12.6. The molecule has 11 heteroatoms. The fourth-order valence-corrected chi connectivity index (χ4v) is 2.86. The minimum Gasteiger partial charge on any atom is -0.493 e. The zero-order valence-electron chi connectivity index (χ0n) is 16.4. The maximum Gasteiger partial charge on any atom is 0.387 e. The predicted molar refractivity (Wildman–Crippen MR) is 105 cm³/mol. The van der Waals surface area contributed by atoms with Crippen LogP contribution in [0.1, 0.15) is 28.8 Å². The van der Waals surface area contributed by atoms with Gasteiger partial charge in [0, 0.05) is 24.2 Å². The number of nitro benzene ring substituents is 1. The summed E-state index contributed by atoms with van der Waals surface area (Å²) in [6.07, 6.45) is 1.73. The second-order valence-electron chi connectivity index (χ2n) is 6.80. The average Bonchev–Trinajstić information content (AvgIpc) is 3.57. The van der Waals surface area contributed by atoms with Gasteiger partial charge in [-0.15, -0.1) is 0 Å². The van der Waals surface area contributed by atoms with Crippen LogP contribution >= 0.6 is 0 Å². The smallest absolute Gasteiger partial charge is 0.387 e. The number of nitrogens with one attached hydrogen (secondary N) is 2. The molecule has 0 bridgehead atoms. The molecule has 0 radical (unpaired) electrons. The number of carbonyl (C=O) groups is 2. The molecule has 1 saturated carbocycles. The zero-order valence-corrected chi connectivity index (χ0v) is 16.4. The third kappa shape index (κ3) is 5.65. The second kappa shape index (κ2) is 9.37. The first kappa shape index (κ1) is 21.9. The Kier molecular flexibility index (Phi) is 6.63. The second-order valence-corrected chi connectivity index (χ2v) is 6.80. The number of halogens is 2. The van der Waals surface area contributed by atoms with Crippen LogP contribution < -0.4 is 20.1 Å². The van der Waals surface area contributed by atoms with E-state index in [9.17, 15) is 28.5 Å². The number of nitrogens with zero attached hydrogens (tertiary/aromatic N) is 1. The third-order valence-electron chi connectivity index (χ3n) is 4.54. The van der Waals surface area contributed by atoms with Crippen LogP contribution in [0.3, 0.4) is 0 Å². The number of hydrogen-bond donors (Lipinski definition) is 2. The van der Waals surface area contributed by atoms with Gasteiger partial charge in [0.25, 0.3) is 11.6 Å². The Morgan fingerprint density at radius 2 is 1.97 bits per heavy atom. The van der Waals surface area contributed by atoms with E-state index >= 15 is 0 Å². The highest BCUT2D eigenvalue weighted by Crippen LogP contribution is 2.35. The highest BCUT2D eigenvalue weighted by molar-refractivity contribution is 5.99. The van der Waals surface area contributed by atoms with Crippen molar-refractivity contribution in [3.63, 3.8) is 0 Å². The molecule has 1 aliphatic carbocycles. The van der Waals surface area contributed by atoms with E-state index in [1.807, 2.05) is 0 Å². The zero-order chi connectivity index (χ0) is 22.5. The standard InChI is InChI=1S/C20H19F2N3O6/c1-30-16-8-14(15(25(28)29)9-17(16)31-20(21)22)19(27)23-10-11-3-2-4-13(7-11)24-18(26)12-5-6-12/h2-4,7-9,12,20H,5-6,10H2,1H3,(H,23,27)(H,24,26). The number of amides is 2. The number of alkyl halides is 2. The van der Waals surface area contributed by atoms with E-state index in [1.54, 1.807) is 24.3 Å². The average molecular weight is 435 g/mol. The largest absolute Gasteiger partial charge is 0.493 e. The summed E-state index contributed by atoms with van der Waals surface area (Å²) in [5.41, 5.74) is 0.139. The van der Waals surface area contributed by atoms with Crippen molar-refractivity contribution in [2.45, 2.75) is 26.0 Å². The fourth-order valence-electron chi connectivity index (χ4n) is 2.86. The molecule has 164 valence electrons. The van der Waals surface area contributed by atoms with Crippen molar-refractivity contribution in [1.82, 2.24) is 5.32 Å². The Morgan fingerprint density at radius 3 is 2.58 bits per heavy atom. The third-order valence-corrected chi connectivity index (χ3v) is 4.54. The lowest BCUT2D eigenvalue weighted by Crippen LogP contribution is -2.24. The van der Waals surface area contributed by atoms with Gasteiger partial charge in [0.2, 0.25) is 5.91 Å². The van der Waals surface area contributed by atoms with Crippen molar-refractivity contribution < 1.29 is 32.8 Å². The molecule has 1 fully saturated rings. The predicted octanol–water partition coefficient (Wildman–Crippen LogP) is 3.48. The molecule has 0 spiro atoms. The van der Waals surface area contributed by atoms with Crippen LogP contribution in [0, 0.1) is 16.0 Å². The molecule has 0 atom stereocenters. The molecule has 2 N–H and O–H groups in total. The first-order valence-corrected chi connectivity index (χ1v) is 9.27. The molecule has 31 heavy (non-hydrogen) atoms.